The molecule has 1 aromatic heterocycles. The quantitative estimate of drug-likeness (QED) is 0.749. The predicted octanol–water partition coefficient (Wildman–Crippen LogP) is 1.68. The highest BCUT2D eigenvalue weighted by atomic mass is 32.2. The number of carbonyl (C=O) groups excluding carboxylic acids is 1. The number of ether oxygens (including phenoxy) is 2. The van der Waals surface area contributed by atoms with Crippen molar-refractivity contribution in [2.45, 2.75) is 18.4 Å². The lowest BCUT2D eigenvalue weighted by Gasteiger charge is -2.10. The Morgan fingerprint density at radius 2 is 2.04 bits per heavy atom. The fourth-order valence-corrected chi connectivity index (χ4v) is 2.96. The molecule has 0 unspecified atom stereocenters. The fraction of sp³-hybridized carbons (Fsp3) is 0.267. The van der Waals surface area contributed by atoms with Crippen LogP contribution in [0.3, 0.4) is 0 Å². The van der Waals surface area contributed by atoms with Gasteiger partial charge in [0.05, 0.1) is 13.7 Å². The Morgan fingerprint density at radius 3 is 2.74 bits per heavy atom. The summed E-state index contributed by atoms with van der Waals surface area (Å²) < 4.78 is 37.0. The summed E-state index contributed by atoms with van der Waals surface area (Å²) in [5.74, 6) is -0.00448. The summed E-state index contributed by atoms with van der Waals surface area (Å²) in [5.41, 5.74) is 0.796. The van der Waals surface area contributed by atoms with Gasteiger partial charge >= 0.3 is 5.97 Å². The summed E-state index contributed by atoms with van der Waals surface area (Å²) in [6.07, 6.45) is 1.24. The van der Waals surface area contributed by atoms with E-state index in [9.17, 15) is 13.2 Å². The Bertz CT molecular complexity index is 783. The lowest BCUT2D eigenvalue weighted by molar-refractivity contribution is 0.0594. The minimum absolute atomic E-state index is 0.0354. The standard InChI is InChI=1S/C15H18N2O5S/c1-3-22-14-7-5-4-6-11(14)9-17-23(19,20)12-8-13(16-10-12)15(18)21-2/h4-8,10,16-17H,3,9H2,1-2H3. The van der Waals surface area contributed by atoms with Crippen molar-refractivity contribution in [3.05, 3.63) is 47.8 Å². The zero-order valence-corrected chi connectivity index (χ0v) is 13.6. The van der Waals surface area contributed by atoms with E-state index in [2.05, 4.69) is 14.4 Å². The van der Waals surface area contributed by atoms with Gasteiger partial charge in [0.2, 0.25) is 10.0 Å². The number of esters is 1. The molecule has 2 aromatic rings. The van der Waals surface area contributed by atoms with Gasteiger partial charge in [-0.25, -0.2) is 17.9 Å². The van der Waals surface area contributed by atoms with Gasteiger partial charge in [0, 0.05) is 18.3 Å². The Labute approximate surface area is 134 Å². The van der Waals surface area contributed by atoms with Crippen molar-refractivity contribution >= 4 is 16.0 Å². The van der Waals surface area contributed by atoms with Crippen LogP contribution in [0.2, 0.25) is 0 Å². The molecule has 1 heterocycles. The van der Waals surface area contributed by atoms with Crippen LogP contribution in [0.5, 0.6) is 5.75 Å². The van der Waals surface area contributed by atoms with Crippen molar-refractivity contribution < 1.29 is 22.7 Å². The van der Waals surface area contributed by atoms with Crippen LogP contribution in [0.4, 0.5) is 0 Å². The van der Waals surface area contributed by atoms with Gasteiger partial charge in [-0.2, -0.15) is 0 Å². The summed E-state index contributed by atoms with van der Waals surface area (Å²) in [6.45, 7) is 2.43. The number of rotatable bonds is 7. The van der Waals surface area contributed by atoms with E-state index in [1.54, 1.807) is 18.2 Å². The molecule has 0 saturated carbocycles. The third-order valence-corrected chi connectivity index (χ3v) is 4.48. The maximum Gasteiger partial charge on any atom is 0.354 e. The van der Waals surface area contributed by atoms with Crippen molar-refractivity contribution in [3.63, 3.8) is 0 Å². The zero-order chi connectivity index (χ0) is 16.9. The van der Waals surface area contributed by atoms with E-state index < -0.39 is 16.0 Å². The molecule has 0 bridgehead atoms. The van der Waals surface area contributed by atoms with Gasteiger partial charge in [0.1, 0.15) is 16.3 Å². The normalized spacial score (nSPS) is 11.2. The molecule has 124 valence electrons. The first-order valence-electron chi connectivity index (χ1n) is 6.95. The maximum atomic E-state index is 12.3. The molecule has 0 spiro atoms. The molecule has 1 aromatic carbocycles. The molecule has 2 rings (SSSR count). The number of H-pyrrole nitrogens is 1. The topological polar surface area (TPSA) is 97.5 Å². The molecule has 23 heavy (non-hydrogen) atoms. The second kappa shape index (κ2) is 7.30. The summed E-state index contributed by atoms with van der Waals surface area (Å²) in [6, 6.07) is 8.40. The van der Waals surface area contributed by atoms with Crippen molar-refractivity contribution in [1.82, 2.24) is 9.71 Å². The average Bonchev–Trinajstić information content (AvgIpc) is 3.04. The van der Waals surface area contributed by atoms with Gasteiger partial charge in [-0.3, -0.25) is 0 Å². The number of hydrogen-bond acceptors (Lipinski definition) is 5. The highest BCUT2D eigenvalue weighted by Gasteiger charge is 2.19. The molecule has 7 nitrogen and oxygen atoms in total. The number of nitrogens with one attached hydrogen (secondary N) is 2. The average molecular weight is 338 g/mol. The Kier molecular flexibility index (Phi) is 5.41. The third-order valence-electron chi connectivity index (χ3n) is 3.10. The summed E-state index contributed by atoms with van der Waals surface area (Å²) in [7, 11) is -2.53. The molecule has 0 atom stereocenters. The van der Waals surface area contributed by atoms with E-state index in [0.717, 1.165) is 5.56 Å². The Balaban J connectivity index is 2.13. The molecular formula is C15H18N2O5S. The van der Waals surface area contributed by atoms with Gasteiger partial charge in [-0.05, 0) is 19.1 Å². The largest absolute Gasteiger partial charge is 0.494 e. The van der Waals surface area contributed by atoms with Crippen LogP contribution in [-0.4, -0.2) is 33.1 Å². The molecule has 2 N–H and O–H groups in total. The van der Waals surface area contributed by atoms with Crippen molar-refractivity contribution in [2.24, 2.45) is 0 Å². The van der Waals surface area contributed by atoms with E-state index in [4.69, 9.17) is 4.74 Å². The number of aromatic nitrogens is 1. The van der Waals surface area contributed by atoms with Crippen LogP contribution in [0.1, 0.15) is 23.0 Å². The van der Waals surface area contributed by atoms with Gasteiger partial charge in [-0.1, -0.05) is 18.2 Å². The first-order chi connectivity index (χ1) is 11.0. The molecule has 0 saturated heterocycles. The number of methoxy groups -OCH3 is 1. The SMILES string of the molecule is CCOc1ccccc1CNS(=O)(=O)c1c[nH]c(C(=O)OC)c1. The number of hydrogen-bond donors (Lipinski definition) is 2. The van der Waals surface area contributed by atoms with E-state index in [1.165, 1.54) is 19.4 Å². The minimum atomic E-state index is -3.76. The van der Waals surface area contributed by atoms with Crippen LogP contribution in [0.25, 0.3) is 0 Å². The van der Waals surface area contributed by atoms with Crippen molar-refractivity contribution in [1.29, 1.82) is 0 Å². The van der Waals surface area contributed by atoms with E-state index >= 15 is 0 Å². The fourth-order valence-electron chi connectivity index (χ4n) is 1.96. The zero-order valence-electron chi connectivity index (χ0n) is 12.8. The number of aromatic amines is 1. The molecular weight excluding hydrogens is 320 g/mol. The summed E-state index contributed by atoms with van der Waals surface area (Å²) in [5, 5.41) is 0. The maximum absolute atomic E-state index is 12.3. The van der Waals surface area contributed by atoms with Crippen molar-refractivity contribution in [2.75, 3.05) is 13.7 Å². The third kappa shape index (κ3) is 4.11. The molecule has 0 radical (unpaired) electrons. The lowest BCUT2D eigenvalue weighted by Crippen LogP contribution is -2.23. The van der Waals surface area contributed by atoms with Gasteiger partial charge in [0.15, 0.2) is 0 Å². The highest BCUT2D eigenvalue weighted by molar-refractivity contribution is 7.89. The first kappa shape index (κ1) is 17.0. The second-order valence-corrected chi connectivity index (χ2v) is 6.37. The monoisotopic (exact) mass is 338 g/mol. The smallest absolute Gasteiger partial charge is 0.354 e. The predicted molar refractivity (Wildman–Crippen MR) is 83.8 cm³/mol. The second-order valence-electron chi connectivity index (χ2n) is 4.61. The summed E-state index contributed by atoms with van der Waals surface area (Å²) in [4.78, 5) is 13.9. The molecule has 0 aliphatic rings. The molecule has 0 amide bonds. The van der Waals surface area contributed by atoms with Crippen molar-refractivity contribution in [3.8, 4) is 5.75 Å². The highest BCUT2D eigenvalue weighted by Crippen LogP contribution is 2.19. The molecule has 0 aliphatic carbocycles. The molecule has 0 aliphatic heterocycles. The van der Waals surface area contributed by atoms with Gasteiger partial charge in [0.25, 0.3) is 0 Å². The van der Waals surface area contributed by atoms with Crippen LogP contribution >= 0.6 is 0 Å². The minimum Gasteiger partial charge on any atom is -0.494 e. The first-order valence-corrected chi connectivity index (χ1v) is 8.43. The Morgan fingerprint density at radius 1 is 1.30 bits per heavy atom. The van der Waals surface area contributed by atoms with Crippen LogP contribution in [0.15, 0.2) is 41.4 Å². The summed E-state index contributed by atoms with van der Waals surface area (Å²) >= 11 is 0. The van der Waals surface area contributed by atoms with Crippen LogP contribution < -0.4 is 9.46 Å². The van der Waals surface area contributed by atoms with E-state index in [1.807, 2.05) is 13.0 Å². The number of benzene rings is 1. The number of carbonyl (C=O) groups is 1. The van der Waals surface area contributed by atoms with Crippen LogP contribution in [0, 0.1) is 0 Å². The van der Waals surface area contributed by atoms with Crippen LogP contribution in [-0.2, 0) is 21.3 Å². The lowest BCUT2D eigenvalue weighted by atomic mass is 10.2. The molecule has 0 fully saturated rings. The van der Waals surface area contributed by atoms with E-state index in [0.29, 0.717) is 12.4 Å². The molecule has 8 heteroatoms. The van der Waals surface area contributed by atoms with Gasteiger partial charge < -0.3 is 14.5 Å². The van der Waals surface area contributed by atoms with Gasteiger partial charge in [-0.15, -0.1) is 0 Å². The van der Waals surface area contributed by atoms with E-state index in [-0.39, 0.29) is 17.1 Å². The number of para-hydroxylation sites is 1. The Hall–Kier alpha value is -2.32. The number of sulfonamides is 1.